The van der Waals surface area contributed by atoms with Crippen molar-refractivity contribution in [2.24, 2.45) is 12.2 Å². The molecule has 190 valence electrons. The number of alkyl halides is 3. The number of aliphatic hydroxyl groups is 1. The van der Waals surface area contributed by atoms with E-state index >= 15 is 0 Å². The Morgan fingerprint density at radius 2 is 1.69 bits per heavy atom. The van der Waals surface area contributed by atoms with Crippen molar-refractivity contribution in [1.29, 1.82) is 0 Å². The minimum absolute atomic E-state index is 0.130. The van der Waals surface area contributed by atoms with Gasteiger partial charge in [0.2, 0.25) is 5.56 Å². The Hall–Kier alpha value is -3.92. The van der Waals surface area contributed by atoms with Crippen LogP contribution in [0.5, 0.6) is 0 Å². The van der Waals surface area contributed by atoms with E-state index in [2.05, 4.69) is 10.5 Å². The van der Waals surface area contributed by atoms with Crippen LogP contribution in [-0.2, 0) is 7.05 Å². The van der Waals surface area contributed by atoms with E-state index in [9.17, 15) is 28.0 Å². The quantitative estimate of drug-likeness (QED) is 0.249. The van der Waals surface area contributed by atoms with Gasteiger partial charge in [-0.2, -0.15) is 13.2 Å². The molecule has 2 atom stereocenters. The highest BCUT2D eigenvalue weighted by Crippen LogP contribution is 2.32. The molecule has 2 aromatic carbocycles. The summed E-state index contributed by atoms with van der Waals surface area (Å²) in [5.74, 6) is -1.04. The molecule has 0 aliphatic heterocycles. The number of halogens is 3. The number of aliphatic hydroxyl groups excluding tert-OH is 1. The smallest absolute Gasteiger partial charge is 0.411 e. The molecule has 0 saturated heterocycles. The molecular weight excluding hydrogens is 475 g/mol. The third kappa shape index (κ3) is 6.39. The molecular formula is C26H26F3N3O4. The van der Waals surface area contributed by atoms with Gasteiger partial charge in [0, 0.05) is 42.8 Å². The highest BCUT2D eigenvalue weighted by Gasteiger charge is 2.38. The van der Waals surface area contributed by atoms with Gasteiger partial charge in [0.1, 0.15) is 0 Å². The summed E-state index contributed by atoms with van der Waals surface area (Å²) in [6.07, 6.45) is -5.63. The second-order valence-electron chi connectivity index (χ2n) is 8.42. The van der Waals surface area contributed by atoms with Gasteiger partial charge in [0.25, 0.3) is 5.91 Å². The summed E-state index contributed by atoms with van der Waals surface area (Å²) in [6.45, 7) is 0.990. The maximum Gasteiger partial charge on any atom is 0.416 e. The molecule has 3 rings (SSSR count). The van der Waals surface area contributed by atoms with E-state index in [1.165, 1.54) is 22.8 Å². The summed E-state index contributed by atoms with van der Waals surface area (Å²) in [7, 11) is 1.59. The Morgan fingerprint density at radius 3 is 2.28 bits per heavy atom. The molecule has 3 N–H and O–H groups in total. The van der Waals surface area contributed by atoms with Gasteiger partial charge < -0.3 is 20.2 Å². The summed E-state index contributed by atoms with van der Waals surface area (Å²) in [5.41, 5.74) is 3.56. The number of carbonyl (C=O) groups is 1. The Labute approximate surface area is 205 Å². The summed E-state index contributed by atoms with van der Waals surface area (Å²) in [5, 5.41) is 24.4. The minimum Gasteiger partial charge on any atom is -0.411 e. The molecule has 0 saturated carbocycles. The lowest BCUT2D eigenvalue weighted by Crippen LogP contribution is -2.40. The first-order valence-electron chi connectivity index (χ1n) is 11.1. The first kappa shape index (κ1) is 26.7. The number of aromatic nitrogens is 1. The van der Waals surface area contributed by atoms with Crippen molar-refractivity contribution in [2.75, 3.05) is 6.54 Å². The van der Waals surface area contributed by atoms with Gasteiger partial charge in [0.15, 0.2) is 6.10 Å². The van der Waals surface area contributed by atoms with E-state index in [-0.39, 0.29) is 23.5 Å². The largest absolute Gasteiger partial charge is 0.416 e. The van der Waals surface area contributed by atoms with E-state index in [4.69, 9.17) is 5.11 Å². The number of benzene rings is 2. The van der Waals surface area contributed by atoms with Crippen LogP contribution in [0.15, 0.2) is 76.8 Å². The van der Waals surface area contributed by atoms with E-state index in [0.717, 1.165) is 16.7 Å². The maximum atomic E-state index is 12.5. The number of rotatable bonds is 8. The number of nitrogens with one attached hydrogen (secondary N) is 1. The second kappa shape index (κ2) is 11.2. The SMILES string of the molecule is Cc1ccccc1C(C/C(=N/O)c1ccc(=O)n(C)c1)c1ccc(C(=O)NCC(O)C(F)(F)F)cc1. The van der Waals surface area contributed by atoms with Crippen LogP contribution in [0.1, 0.15) is 45.0 Å². The van der Waals surface area contributed by atoms with Gasteiger partial charge in [-0.05, 0) is 41.8 Å². The summed E-state index contributed by atoms with van der Waals surface area (Å²) in [6, 6.07) is 17.0. The van der Waals surface area contributed by atoms with Gasteiger partial charge >= 0.3 is 6.18 Å². The number of hydrogen-bond acceptors (Lipinski definition) is 5. The third-order valence-corrected chi connectivity index (χ3v) is 5.91. The number of oxime groups is 1. The van der Waals surface area contributed by atoms with Crippen LogP contribution in [0, 0.1) is 6.92 Å². The zero-order valence-electron chi connectivity index (χ0n) is 19.7. The van der Waals surface area contributed by atoms with Crippen LogP contribution >= 0.6 is 0 Å². The summed E-state index contributed by atoms with van der Waals surface area (Å²) < 4.78 is 38.9. The lowest BCUT2D eigenvalue weighted by Gasteiger charge is -2.21. The van der Waals surface area contributed by atoms with Gasteiger partial charge in [-0.25, -0.2) is 0 Å². The van der Waals surface area contributed by atoms with Crippen molar-refractivity contribution >= 4 is 11.6 Å². The van der Waals surface area contributed by atoms with E-state index in [1.807, 2.05) is 31.2 Å². The highest BCUT2D eigenvalue weighted by molar-refractivity contribution is 6.00. The number of hydrogen-bond donors (Lipinski definition) is 3. The molecule has 10 heteroatoms. The molecule has 1 heterocycles. The number of amides is 1. The van der Waals surface area contributed by atoms with Crippen LogP contribution in [0.3, 0.4) is 0 Å². The Morgan fingerprint density at radius 1 is 1.06 bits per heavy atom. The topological polar surface area (TPSA) is 104 Å². The molecule has 0 aliphatic carbocycles. The van der Waals surface area contributed by atoms with Gasteiger partial charge in [-0.15, -0.1) is 0 Å². The van der Waals surface area contributed by atoms with E-state index < -0.39 is 24.7 Å². The van der Waals surface area contributed by atoms with Crippen LogP contribution < -0.4 is 10.9 Å². The second-order valence-corrected chi connectivity index (χ2v) is 8.42. The number of nitrogens with zero attached hydrogens (tertiary/aromatic N) is 2. The van der Waals surface area contributed by atoms with E-state index in [0.29, 0.717) is 11.3 Å². The highest BCUT2D eigenvalue weighted by atomic mass is 19.4. The fourth-order valence-corrected chi connectivity index (χ4v) is 3.83. The fraction of sp³-hybridized carbons (Fsp3) is 0.269. The molecule has 36 heavy (non-hydrogen) atoms. The number of pyridine rings is 1. The van der Waals surface area contributed by atoms with Gasteiger partial charge in [-0.3, -0.25) is 9.59 Å². The van der Waals surface area contributed by atoms with Crippen LogP contribution in [0.2, 0.25) is 0 Å². The van der Waals surface area contributed by atoms with Crippen molar-refractivity contribution in [1.82, 2.24) is 9.88 Å². The normalized spacial score (nSPS) is 13.8. The standard InChI is InChI=1S/C26H26F3N3O4/c1-16-5-3-4-6-20(16)21(13-22(31-36)19-11-12-24(34)32(2)15-19)17-7-9-18(10-8-17)25(35)30-14-23(33)26(27,28)29/h3-12,15,21,23,33,36H,13-14H2,1-2H3,(H,30,35)/b31-22-. The van der Waals surface area contributed by atoms with Crippen LogP contribution in [0.4, 0.5) is 13.2 Å². The molecule has 1 amide bonds. The average molecular weight is 502 g/mol. The molecule has 7 nitrogen and oxygen atoms in total. The number of aryl methyl sites for hydroxylation is 2. The molecule has 0 spiro atoms. The lowest BCUT2D eigenvalue weighted by atomic mass is 9.83. The van der Waals surface area contributed by atoms with Crippen molar-refractivity contribution in [3.05, 3.63) is 105 Å². The zero-order valence-corrected chi connectivity index (χ0v) is 19.7. The molecule has 0 fully saturated rings. The lowest BCUT2D eigenvalue weighted by molar-refractivity contribution is -0.201. The Kier molecular flexibility index (Phi) is 8.31. The van der Waals surface area contributed by atoms with Crippen molar-refractivity contribution in [2.45, 2.75) is 31.5 Å². The van der Waals surface area contributed by atoms with Crippen LogP contribution in [0.25, 0.3) is 0 Å². The van der Waals surface area contributed by atoms with Gasteiger partial charge in [-0.1, -0.05) is 41.6 Å². The molecule has 0 radical (unpaired) electrons. The number of carbonyl (C=O) groups excluding carboxylic acids is 1. The monoisotopic (exact) mass is 501 g/mol. The van der Waals surface area contributed by atoms with Gasteiger partial charge in [0.05, 0.1) is 12.3 Å². The molecule has 0 bridgehead atoms. The molecule has 0 aliphatic rings. The van der Waals surface area contributed by atoms with Crippen molar-refractivity contribution in [3.8, 4) is 0 Å². The minimum atomic E-state index is -4.82. The van der Waals surface area contributed by atoms with Crippen LogP contribution in [-0.4, -0.2) is 45.3 Å². The molecule has 2 unspecified atom stereocenters. The predicted molar refractivity (Wildman–Crippen MR) is 128 cm³/mol. The summed E-state index contributed by atoms with van der Waals surface area (Å²) >= 11 is 0. The Balaban J connectivity index is 1.89. The maximum absolute atomic E-state index is 12.5. The predicted octanol–water partition coefficient (Wildman–Crippen LogP) is 3.75. The first-order valence-corrected chi connectivity index (χ1v) is 11.1. The summed E-state index contributed by atoms with van der Waals surface area (Å²) in [4.78, 5) is 24.1. The first-order chi connectivity index (χ1) is 17.0. The zero-order chi connectivity index (χ0) is 26.5. The van der Waals surface area contributed by atoms with Crippen molar-refractivity contribution < 1.29 is 28.3 Å². The Bertz CT molecular complexity index is 1300. The molecule has 1 aromatic heterocycles. The van der Waals surface area contributed by atoms with Crippen molar-refractivity contribution in [3.63, 3.8) is 0 Å². The third-order valence-electron chi connectivity index (χ3n) is 5.91. The average Bonchev–Trinajstić information content (AvgIpc) is 2.85. The van der Waals surface area contributed by atoms with E-state index in [1.54, 1.807) is 31.4 Å². The fourth-order valence-electron chi connectivity index (χ4n) is 3.83. The molecule has 3 aromatic rings.